The highest BCUT2D eigenvalue weighted by Crippen LogP contribution is 2.67. The lowest BCUT2D eigenvalue weighted by atomic mass is 10.2. The summed E-state index contributed by atoms with van der Waals surface area (Å²) in [6.45, 7) is 2.91. The smallest absolute Gasteiger partial charge is 0.324 e. The van der Waals surface area contributed by atoms with Gasteiger partial charge in [-0.3, -0.25) is 13.7 Å². The molecule has 18 nitrogen and oxygen atoms in total. The Morgan fingerprint density at radius 2 is 1.10 bits per heavy atom. The standard InChI is InChI=1S/C6H18O18P6/c1-5(26(9,10)23-29(16,17)18)4-6(27(11,12)24-30(19,20)21)2-3-25(7,8)22-28(13,14)15/h6H,1-4H2,(H,7,8)(H,9,10)(H,11,12)(H2,13,14,15)(H2,16,17,18)(H2,19,20,21). The minimum absolute atomic E-state index is 1.14. The van der Waals surface area contributed by atoms with Gasteiger partial charge in [0.1, 0.15) is 0 Å². The van der Waals surface area contributed by atoms with Crippen LogP contribution in [0.1, 0.15) is 12.8 Å². The Balaban J connectivity index is 5.79. The summed E-state index contributed by atoms with van der Waals surface area (Å²) < 4.78 is 78.7. The van der Waals surface area contributed by atoms with Crippen molar-refractivity contribution in [3.05, 3.63) is 11.9 Å². The fraction of sp³-hybridized carbons (Fsp3) is 0.667. The molecule has 4 unspecified atom stereocenters. The maximum Gasteiger partial charge on any atom is 0.477 e. The number of hydrogen-bond donors (Lipinski definition) is 9. The predicted octanol–water partition coefficient (Wildman–Crippen LogP) is 0.533. The van der Waals surface area contributed by atoms with Gasteiger partial charge in [0.05, 0.1) is 11.8 Å². The summed E-state index contributed by atoms with van der Waals surface area (Å²) in [6, 6.07) is 0. The van der Waals surface area contributed by atoms with E-state index in [1.165, 1.54) is 0 Å². The largest absolute Gasteiger partial charge is 0.477 e. The van der Waals surface area contributed by atoms with Gasteiger partial charge in [-0.05, 0) is 12.8 Å². The maximum atomic E-state index is 12.1. The Bertz CT molecular complexity index is 917. The van der Waals surface area contributed by atoms with Crippen molar-refractivity contribution in [2.45, 2.75) is 18.5 Å². The van der Waals surface area contributed by atoms with Gasteiger partial charge in [-0.25, -0.2) is 26.6 Å². The molecule has 0 aliphatic carbocycles. The van der Waals surface area contributed by atoms with Gasteiger partial charge in [0.25, 0.3) is 0 Å². The number of rotatable bonds is 13. The fourth-order valence-corrected chi connectivity index (χ4v) is 9.08. The van der Waals surface area contributed by atoms with Gasteiger partial charge in [0.2, 0.25) is 0 Å². The van der Waals surface area contributed by atoms with Gasteiger partial charge in [-0.1, -0.05) is 6.58 Å². The van der Waals surface area contributed by atoms with E-state index in [1.807, 2.05) is 0 Å². The lowest BCUT2D eigenvalue weighted by molar-refractivity contribution is 0.258. The van der Waals surface area contributed by atoms with E-state index >= 15 is 0 Å². The molecule has 0 aromatic carbocycles. The van der Waals surface area contributed by atoms with Crippen molar-refractivity contribution in [3.8, 4) is 0 Å². The molecular formula is C6H18O18P6. The molecule has 0 amide bonds. The summed E-state index contributed by atoms with van der Waals surface area (Å²) in [6.07, 6.45) is -3.76. The zero-order valence-corrected chi connectivity index (χ0v) is 19.7. The van der Waals surface area contributed by atoms with E-state index in [2.05, 4.69) is 19.5 Å². The molecule has 0 heterocycles. The van der Waals surface area contributed by atoms with E-state index in [1.54, 1.807) is 0 Å². The van der Waals surface area contributed by atoms with Crippen LogP contribution in [0.25, 0.3) is 0 Å². The number of allylic oxidation sites excluding steroid dienone is 1. The first-order chi connectivity index (χ1) is 12.9. The Labute approximate surface area is 167 Å². The van der Waals surface area contributed by atoms with Crippen LogP contribution in [0.15, 0.2) is 11.9 Å². The third-order valence-corrected chi connectivity index (χ3v) is 11.3. The Morgan fingerprint density at radius 3 is 1.47 bits per heavy atom. The summed E-state index contributed by atoms with van der Waals surface area (Å²) in [5, 5.41) is -1.18. The Kier molecular flexibility index (Phi) is 10.5. The van der Waals surface area contributed by atoms with Crippen molar-refractivity contribution in [1.82, 2.24) is 0 Å². The highest BCUT2D eigenvalue weighted by Gasteiger charge is 2.44. The molecule has 0 aliphatic heterocycles. The minimum Gasteiger partial charge on any atom is -0.324 e. The third-order valence-electron chi connectivity index (χ3n) is 2.75. The van der Waals surface area contributed by atoms with E-state index in [-0.39, 0.29) is 0 Å². The second-order valence-electron chi connectivity index (χ2n) is 5.38. The minimum atomic E-state index is -5.67. The average molecular weight is 564 g/mol. The van der Waals surface area contributed by atoms with Crippen LogP contribution in [0, 0.1) is 0 Å². The SMILES string of the molecule is C=C(CC(CCP(=O)(O)OP(=O)(O)O)P(=O)(O)OP(=O)(O)O)P(=O)(O)OP(=O)(O)O. The number of hydrogen-bond acceptors (Lipinski definition) is 9. The Hall–Kier alpha value is 0.640. The fourth-order valence-electron chi connectivity index (χ4n) is 1.71. The van der Waals surface area contributed by atoms with E-state index < -0.39 is 76.2 Å². The predicted molar refractivity (Wildman–Crippen MR) is 95.9 cm³/mol. The molecular weight excluding hydrogens is 546 g/mol. The third kappa shape index (κ3) is 13.2. The average Bonchev–Trinajstić information content (AvgIpc) is 2.34. The Morgan fingerprint density at radius 1 is 0.700 bits per heavy atom. The monoisotopic (exact) mass is 564 g/mol. The van der Waals surface area contributed by atoms with Crippen molar-refractivity contribution in [3.63, 3.8) is 0 Å². The van der Waals surface area contributed by atoms with Crippen LogP contribution < -0.4 is 0 Å². The number of phosphoric acid groups is 3. The molecule has 0 fully saturated rings. The quantitative estimate of drug-likeness (QED) is 0.138. The van der Waals surface area contributed by atoms with Crippen molar-refractivity contribution in [1.29, 1.82) is 0 Å². The normalized spacial score (nSPS) is 20.6. The summed E-state index contributed by atoms with van der Waals surface area (Å²) in [5.41, 5.74) is -2.25. The highest BCUT2D eigenvalue weighted by atomic mass is 31.3. The van der Waals surface area contributed by atoms with Gasteiger partial charge in [-0.2, -0.15) is 0 Å². The van der Waals surface area contributed by atoms with Crippen LogP contribution in [-0.2, 0) is 40.3 Å². The lowest BCUT2D eigenvalue weighted by Gasteiger charge is -2.25. The zero-order chi connectivity index (χ0) is 24.4. The van der Waals surface area contributed by atoms with Gasteiger partial charge < -0.3 is 44.0 Å². The molecule has 0 saturated carbocycles. The second-order valence-corrected chi connectivity index (χ2v) is 15.5. The maximum absolute atomic E-state index is 12.1. The molecule has 24 heteroatoms. The molecule has 0 saturated heterocycles. The van der Waals surface area contributed by atoms with Crippen molar-refractivity contribution in [2.75, 3.05) is 6.16 Å². The molecule has 0 aliphatic rings. The van der Waals surface area contributed by atoms with Crippen LogP contribution >= 0.6 is 46.3 Å². The van der Waals surface area contributed by atoms with Gasteiger partial charge in [0.15, 0.2) is 0 Å². The van der Waals surface area contributed by atoms with Crippen molar-refractivity contribution >= 4 is 46.3 Å². The van der Waals surface area contributed by atoms with Gasteiger partial charge in [-0.15, -0.1) is 0 Å². The van der Waals surface area contributed by atoms with E-state index in [4.69, 9.17) is 29.4 Å². The molecule has 0 rings (SSSR count). The molecule has 0 aromatic rings. The van der Waals surface area contributed by atoms with Crippen LogP contribution in [0.4, 0.5) is 0 Å². The zero-order valence-electron chi connectivity index (χ0n) is 14.3. The van der Waals surface area contributed by atoms with Crippen LogP contribution in [0.2, 0.25) is 0 Å². The summed E-state index contributed by atoms with van der Waals surface area (Å²) in [7, 11) is -32.9. The molecule has 4 atom stereocenters. The summed E-state index contributed by atoms with van der Waals surface area (Å²) in [5.74, 6) is 0. The van der Waals surface area contributed by atoms with E-state index in [9.17, 15) is 42.1 Å². The van der Waals surface area contributed by atoms with E-state index in [0.29, 0.717) is 0 Å². The van der Waals surface area contributed by atoms with Gasteiger partial charge in [0, 0.05) is 5.31 Å². The molecule has 9 N–H and O–H groups in total. The van der Waals surface area contributed by atoms with Crippen LogP contribution in [-0.4, -0.2) is 55.9 Å². The topological polar surface area (TPSA) is 312 Å². The summed E-state index contributed by atoms with van der Waals surface area (Å²) in [4.78, 5) is 80.3. The lowest BCUT2D eigenvalue weighted by Crippen LogP contribution is -2.14. The summed E-state index contributed by atoms with van der Waals surface area (Å²) >= 11 is 0. The molecule has 0 spiro atoms. The molecule has 180 valence electrons. The van der Waals surface area contributed by atoms with Crippen LogP contribution in [0.5, 0.6) is 0 Å². The first-order valence-corrected chi connectivity index (χ1v) is 16.4. The highest BCUT2D eigenvalue weighted by molar-refractivity contribution is 7.67. The van der Waals surface area contributed by atoms with Crippen LogP contribution in [0.3, 0.4) is 0 Å². The first kappa shape index (κ1) is 30.6. The van der Waals surface area contributed by atoms with E-state index in [0.717, 1.165) is 0 Å². The molecule has 0 aromatic heterocycles. The molecule has 30 heavy (non-hydrogen) atoms. The first-order valence-electron chi connectivity index (χ1n) is 6.81. The van der Waals surface area contributed by atoms with Crippen molar-refractivity contribution < 1.29 is 84.4 Å². The van der Waals surface area contributed by atoms with Crippen molar-refractivity contribution in [2.24, 2.45) is 0 Å². The second kappa shape index (κ2) is 10.3. The van der Waals surface area contributed by atoms with Gasteiger partial charge >= 0.3 is 46.3 Å². The molecule has 0 radical (unpaired) electrons. The molecule has 0 bridgehead atoms.